The van der Waals surface area contributed by atoms with Gasteiger partial charge in [-0.15, -0.1) is 12.8 Å². The summed E-state index contributed by atoms with van der Waals surface area (Å²) in [7, 11) is 0. The molecule has 19 heavy (non-hydrogen) atoms. The summed E-state index contributed by atoms with van der Waals surface area (Å²) in [5.41, 5.74) is 4.84. The molecule has 0 aliphatic heterocycles. The Hall–Kier alpha value is -2.67. The highest BCUT2D eigenvalue weighted by Gasteiger charge is 2.22. The van der Waals surface area contributed by atoms with Gasteiger partial charge in [0.15, 0.2) is 6.10 Å². The van der Waals surface area contributed by atoms with Crippen molar-refractivity contribution in [2.24, 2.45) is 5.73 Å². The number of nitrogens with one attached hydrogen (secondary N) is 2. The minimum Gasteiger partial charge on any atom is -0.436 e. The van der Waals surface area contributed by atoms with E-state index in [1.165, 1.54) is 0 Å². The third kappa shape index (κ3) is 8.11. The van der Waals surface area contributed by atoms with Crippen molar-refractivity contribution in [1.82, 2.24) is 10.6 Å². The minimum atomic E-state index is -1.16. The molecule has 7 heteroatoms. The number of ether oxygens (including phenoxy) is 1. The van der Waals surface area contributed by atoms with Crippen molar-refractivity contribution in [3.63, 3.8) is 0 Å². The molecule has 102 valence electrons. The van der Waals surface area contributed by atoms with E-state index in [0.717, 1.165) is 0 Å². The SMILES string of the molecule is C#CCNC(=O)CC[C@H](OC(N)=O)C(=O)NCC#C. The molecule has 0 fully saturated rings. The Morgan fingerprint density at radius 3 is 2.26 bits per heavy atom. The number of carbonyl (C=O) groups excluding carboxylic acids is 3. The van der Waals surface area contributed by atoms with Crippen LogP contribution in [0.1, 0.15) is 12.8 Å². The Balaban J connectivity index is 4.32. The molecule has 0 aliphatic rings. The number of carbonyl (C=O) groups is 3. The third-order valence-corrected chi connectivity index (χ3v) is 1.94. The monoisotopic (exact) mass is 265 g/mol. The van der Waals surface area contributed by atoms with Gasteiger partial charge in [-0.1, -0.05) is 11.8 Å². The van der Waals surface area contributed by atoms with E-state index in [1.54, 1.807) is 0 Å². The summed E-state index contributed by atoms with van der Waals surface area (Å²) in [4.78, 5) is 33.5. The van der Waals surface area contributed by atoms with Crippen LogP contribution in [-0.2, 0) is 14.3 Å². The highest BCUT2D eigenvalue weighted by molar-refractivity contribution is 5.84. The summed E-state index contributed by atoms with van der Waals surface area (Å²) < 4.78 is 4.60. The van der Waals surface area contributed by atoms with Crippen molar-refractivity contribution in [2.75, 3.05) is 13.1 Å². The predicted octanol–water partition coefficient (Wildman–Crippen LogP) is -1.27. The lowest BCUT2D eigenvalue weighted by Crippen LogP contribution is -2.40. The number of rotatable bonds is 7. The van der Waals surface area contributed by atoms with Crippen LogP contribution >= 0.6 is 0 Å². The molecule has 0 unspecified atom stereocenters. The van der Waals surface area contributed by atoms with E-state index in [9.17, 15) is 14.4 Å². The van der Waals surface area contributed by atoms with Gasteiger partial charge in [-0.25, -0.2) is 4.79 Å². The van der Waals surface area contributed by atoms with E-state index in [0.29, 0.717) is 0 Å². The van der Waals surface area contributed by atoms with Gasteiger partial charge in [0.25, 0.3) is 5.91 Å². The van der Waals surface area contributed by atoms with Crippen LogP contribution in [-0.4, -0.2) is 37.1 Å². The zero-order valence-corrected chi connectivity index (χ0v) is 10.3. The first kappa shape index (κ1) is 16.3. The van der Waals surface area contributed by atoms with Gasteiger partial charge in [-0.2, -0.15) is 0 Å². The van der Waals surface area contributed by atoms with E-state index in [1.807, 2.05) is 0 Å². The van der Waals surface area contributed by atoms with Crippen molar-refractivity contribution in [3.8, 4) is 24.7 Å². The zero-order valence-electron chi connectivity index (χ0n) is 10.3. The molecule has 0 saturated heterocycles. The zero-order chi connectivity index (χ0) is 14.7. The molecule has 4 N–H and O–H groups in total. The van der Waals surface area contributed by atoms with Gasteiger partial charge in [0.2, 0.25) is 5.91 Å². The molecule has 0 aromatic heterocycles. The first-order valence-electron chi connectivity index (χ1n) is 5.38. The first-order chi connectivity index (χ1) is 9.01. The number of amides is 3. The van der Waals surface area contributed by atoms with Crippen LogP contribution in [0, 0.1) is 24.7 Å². The van der Waals surface area contributed by atoms with Gasteiger partial charge in [-0.05, 0) is 0 Å². The molecule has 3 amide bonds. The third-order valence-electron chi connectivity index (χ3n) is 1.94. The number of terminal acetylenes is 2. The van der Waals surface area contributed by atoms with Crippen LogP contribution in [0.2, 0.25) is 0 Å². The fraction of sp³-hybridized carbons (Fsp3) is 0.417. The average Bonchev–Trinajstić information content (AvgIpc) is 2.37. The summed E-state index contributed by atoms with van der Waals surface area (Å²) in [5.74, 6) is 3.45. The molecular weight excluding hydrogens is 250 g/mol. The molecule has 0 radical (unpaired) electrons. The van der Waals surface area contributed by atoms with E-state index < -0.39 is 18.1 Å². The van der Waals surface area contributed by atoms with Crippen molar-refractivity contribution in [2.45, 2.75) is 18.9 Å². The highest BCUT2D eigenvalue weighted by Crippen LogP contribution is 2.03. The van der Waals surface area contributed by atoms with Gasteiger partial charge in [-0.3, -0.25) is 9.59 Å². The van der Waals surface area contributed by atoms with Gasteiger partial charge in [0.1, 0.15) is 0 Å². The van der Waals surface area contributed by atoms with Crippen molar-refractivity contribution in [1.29, 1.82) is 0 Å². The van der Waals surface area contributed by atoms with E-state index >= 15 is 0 Å². The number of hydrogen-bond acceptors (Lipinski definition) is 4. The topological polar surface area (TPSA) is 111 Å². The summed E-state index contributed by atoms with van der Waals surface area (Å²) in [6.45, 7) is 0.0736. The van der Waals surface area contributed by atoms with Gasteiger partial charge in [0.05, 0.1) is 13.1 Å². The second kappa shape index (κ2) is 9.37. The Morgan fingerprint density at radius 2 is 1.74 bits per heavy atom. The fourth-order valence-electron chi connectivity index (χ4n) is 1.14. The number of hydrogen-bond donors (Lipinski definition) is 3. The lowest BCUT2D eigenvalue weighted by molar-refractivity contribution is -0.130. The van der Waals surface area contributed by atoms with E-state index in [4.69, 9.17) is 18.6 Å². The summed E-state index contributed by atoms with van der Waals surface area (Å²) >= 11 is 0. The van der Waals surface area contributed by atoms with Gasteiger partial charge < -0.3 is 21.1 Å². The van der Waals surface area contributed by atoms with Crippen molar-refractivity contribution >= 4 is 17.9 Å². The Morgan fingerprint density at radius 1 is 1.16 bits per heavy atom. The fourth-order valence-corrected chi connectivity index (χ4v) is 1.14. The molecule has 7 nitrogen and oxygen atoms in total. The van der Waals surface area contributed by atoms with Gasteiger partial charge >= 0.3 is 6.09 Å². The first-order valence-corrected chi connectivity index (χ1v) is 5.38. The molecule has 0 aromatic rings. The summed E-state index contributed by atoms with van der Waals surface area (Å²) in [6, 6.07) is 0. The summed E-state index contributed by atoms with van der Waals surface area (Å²) in [6.07, 6.45) is 7.62. The maximum absolute atomic E-state index is 11.6. The molecule has 0 heterocycles. The standard InChI is InChI=1S/C12H15N3O4/c1-3-7-14-10(16)6-5-9(19-12(13)18)11(17)15-8-4-2/h1-2,9H,5-8H2,(H2,13,18)(H,14,16)(H,15,17)/t9-/m0/s1. The van der Waals surface area contributed by atoms with Crippen molar-refractivity contribution < 1.29 is 19.1 Å². The molecule has 1 atom stereocenters. The number of primary amides is 1. The number of nitrogens with two attached hydrogens (primary N) is 1. The lowest BCUT2D eigenvalue weighted by Gasteiger charge is -2.15. The average molecular weight is 265 g/mol. The maximum Gasteiger partial charge on any atom is 0.405 e. The smallest absolute Gasteiger partial charge is 0.405 e. The van der Waals surface area contributed by atoms with Crippen molar-refractivity contribution in [3.05, 3.63) is 0 Å². The molecule has 0 aliphatic carbocycles. The predicted molar refractivity (Wildman–Crippen MR) is 67.4 cm³/mol. The Labute approximate surface area is 111 Å². The second-order valence-corrected chi connectivity index (χ2v) is 3.37. The van der Waals surface area contributed by atoms with E-state index in [2.05, 4.69) is 27.2 Å². The summed E-state index contributed by atoms with van der Waals surface area (Å²) in [5, 5.41) is 4.75. The Kier molecular flexibility index (Phi) is 8.05. The molecule has 0 aromatic carbocycles. The second-order valence-electron chi connectivity index (χ2n) is 3.37. The lowest BCUT2D eigenvalue weighted by atomic mass is 10.1. The van der Waals surface area contributed by atoms with Crippen LogP contribution in [0.4, 0.5) is 4.79 Å². The van der Waals surface area contributed by atoms with Crippen LogP contribution < -0.4 is 16.4 Å². The van der Waals surface area contributed by atoms with Crippen LogP contribution in [0.25, 0.3) is 0 Å². The molecule has 0 spiro atoms. The molecule has 0 saturated carbocycles. The highest BCUT2D eigenvalue weighted by atomic mass is 16.6. The van der Waals surface area contributed by atoms with E-state index in [-0.39, 0.29) is 31.8 Å². The molecular formula is C12H15N3O4. The van der Waals surface area contributed by atoms with Crippen LogP contribution in [0.3, 0.4) is 0 Å². The normalized spacial score (nSPS) is 10.4. The maximum atomic E-state index is 11.6. The van der Waals surface area contributed by atoms with Crippen LogP contribution in [0.5, 0.6) is 0 Å². The minimum absolute atomic E-state index is 0.0131. The largest absolute Gasteiger partial charge is 0.436 e. The van der Waals surface area contributed by atoms with Gasteiger partial charge in [0, 0.05) is 12.8 Å². The Bertz CT molecular complexity index is 420. The molecule has 0 rings (SSSR count). The quantitative estimate of drug-likeness (QED) is 0.498. The van der Waals surface area contributed by atoms with Crippen LogP contribution in [0.15, 0.2) is 0 Å². The molecule has 0 bridgehead atoms.